The van der Waals surface area contributed by atoms with Crippen LogP contribution >= 0.6 is 0 Å². The molecule has 2 aliphatic rings. The van der Waals surface area contributed by atoms with E-state index in [2.05, 4.69) is 39.1 Å². The second kappa shape index (κ2) is 5.95. The number of aromatic nitrogens is 2. The summed E-state index contributed by atoms with van der Waals surface area (Å²) in [7, 11) is 1.68. The summed E-state index contributed by atoms with van der Waals surface area (Å²) in [5.41, 5.74) is 3.51. The molecule has 2 aliphatic heterocycles. The van der Waals surface area contributed by atoms with E-state index in [9.17, 15) is 0 Å². The summed E-state index contributed by atoms with van der Waals surface area (Å²) >= 11 is 0. The first kappa shape index (κ1) is 15.6. The fourth-order valence-corrected chi connectivity index (χ4v) is 4.28. The molecule has 1 spiro atoms. The molecule has 5 rings (SSSR count). The van der Waals surface area contributed by atoms with Crippen LogP contribution in [-0.2, 0) is 16.9 Å². The van der Waals surface area contributed by atoms with Gasteiger partial charge in [0.1, 0.15) is 17.9 Å². The molecule has 0 radical (unpaired) electrons. The van der Waals surface area contributed by atoms with Gasteiger partial charge in [0.2, 0.25) is 0 Å². The van der Waals surface area contributed by atoms with Crippen molar-refractivity contribution in [3.8, 4) is 5.75 Å². The van der Waals surface area contributed by atoms with Crippen molar-refractivity contribution in [2.75, 3.05) is 25.1 Å². The first-order chi connectivity index (χ1) is 12.8. The first-order valence-corrected chi connectivity index (χ1v) is 9.05. The topological polar surface area (TPSA) is 47.5 Å². The Morgan fingerprint density at radius 3 is 2.77 bits per heavy atom. The quantitative estimate of drug-likeness (QED) is 0.708. The number of hydrogen-bond donors (Lipinski definition) is 0. The smallest absolute Gasteiger partial charge is 0.140 e. The summed E-state index contributed by atoms with van der Waals surface area (Å²) in [6.07, 6.45) is 3.59. The van der Waals surface area contributed by atoms with Crippen molar-refractivity contribution in [2.24, 2.45) is 0 Å². The van der Waals surface area contributed by atoms with Crippen LogP contribution in [-0.4, -0.2) is 30.2 Å². The molecule has 0 bridgehead atoms. The highest BCUT2D eigenvalue weighted by Crippen LogP contribution is 2.44. The second-order valence-corrected chi connectivity index (χ2v) is 7.01. The highest BCUT2D eigenvalue weighted by Gasteiger charge is 2.42. The average Bonchev–Trinajstić information content (AvgIpc) is 3.06. The maximum absolute atomic E-state index is 6.28. The predicted octanol–water partition coefficient (Wildman–Crippen LogP) is 3.66. The Balaban J connectivity index is 1.45. The summed E-state index contributed by atoms with van der Waals surface area (Å²) in [5.74, 6) is 1.81. The zero-order chi connectivity index (χ0) is 17.6. The van der Waals surface area contributed by atoms with Crippen LogP contribution in [0.25, 0.3) is 10.9 Å². The molecule has 2 aromatic carbocycles. The molecule has 0 atom stereocenters. The lowest BCUT2D eigenvalue weighted by atomic mass is 9.84. The van der Waals surface area contributed by atoms with Gasteiger partial charge in [0, 0.05) is 18.5 Å². The molecule has 0 amide bonds. The molecular formula is C21H21N3O2. The van der Waals surface area contributed by atoms with Gasteiger partial charge in [-0.05, 0) is 42.2 Å². The zero-order valence-electron chi connectivity index (χ0n) is 14.8. The van der Waals surface area contributed by atoms with Crippen LogP contribution in [0.3, 0.4) is 0 Å². The van der Waals surface area contributed by atoms with E-state index in [1.54, 1.807) is 13.4 Å². The molecule has 26 heavy (non-hydrogen) atoms. The maximum Gasteiger partial charge on any atom is 0.140 e. The Labute approximate surface area is 152 Å². The van der Waals surface area contributed by atoms with Gasteiger partial charge in [0.25, 0.3) is 0 Å². The van der Waals surface area contributed by atoms with Gasteiger partial charge in [0.05, 0.1) is 24.8 Å². The van der Waals surface area contributed by atoms with Crippen molar-refractivity contribution in [3.05, 3.63) is 59.9 Å². The Hall–Kier alpha value is -2.66. The number of ether oxygens (including phenoxy) is 2. The standard InChI is InChI=1S/C21H21N3O2/c1-25-16-6-7-19-17(12-16)20(23-14-22-19)24-10-8-21(9-11-24)18-5-3-2-4-15(18)13-26-21/h2-7,12,14H,8-11,13H2,1H3. The van der Waals surface area contributed by atoms with Gasteiger partial charge >= 0.3 is 0 Å². The van der Waals surface area contributed by atoms with Gasteiger partial charge in [-0.25, -0.2) is 9.97 Å². The summed E-state index contributed by atoms with van der Waals surface area (Å²) in [5, 5.41) is 1.04. The van der Waals surface area contributed by atoms with Gasteiger partial charge < -0.3 is 14.4 Å². The van der Waals surface area contributed by atoms with Crippen molar-refractivity contribution in [3.63, 3.8) is 0 Å². The van der Waals surface area contributed by atoms with Crippen LogP contribution in [0, 0.1) is 0 Å². The van der Waals surface area contributed by atoms with Crippen molar-refractivity contribution in [1.82, 2.24) is 9.97 Å². The highest BCUT2D eigenvalue weighted by atomic mass is 16.5. The maximum atomic E-state index is 6.28. The molecule has 3 aromatic rings. The Morgan fingerprint density at radius 2 is 1.92 bits per heavy atom. The zero-order valence-corrected chi connectivity index (χ0v) is 14.8. The van der Waals surface area contributed by atoms with Crippen LogP contribution in [0.15, 0.2) is 48.8 Å². The first-order valence-electron chi connectivity index (χ1n) is 9.05. The number of benzene rings is 2. The van der Waals surface area contributed by atoms with E-state index in [0.717, 1.165) is 55.0 Å². The molecule has 1 fully saturated rings. The van der Waals surface area contributed by atoms with Crippen LogP contribution in [0.5, 0.6) is 5.75 Å². The molecule has 0 N–H and O–H groups in total. The lowest BCUT2D eigenvalue weighted by Gasteiger charge is -2.40. The molecular weight excluding hydrogens is 326 g/mol. The number of rotatable bonds is 2. The van der Waals surface area contributed by atoms with Gasteiger partial charge in [-0.2, -0.15) is 0 Å². The number of hydrogen-bond acceptors (Lipinski definition) is 5. The van der Waals surface area contributed by atoms with Crippen molar-refractivity contribution >= 4 is 16.7 Å². The van der Waals surface area contributed by atoms with Crippen molar-refractivity contribution in [2.45, 2.75) is 25.0 Å². The summed E-state index contributed by atoms with van der Waals surface area (Å²) in [4.78, 5) is 11.3. The van der Waals surface area contributed by atoms with Crippen molar-refractivity contribution < 1.29 is 9.47 Å². The molecule has 0 saturated carbocycles. The fraction of sp³-hybridized carbons (Fsp3) is 0.333. The van der Waals surface area contributed by atoms with Gasteiger partial charge in [-0.1, -0.05) is 24.3 Å². The van der Waals surface area contributed by atoms with E-state index in [-0.39, 0.29) is 5.60 Å². The lowest BCUT2D eigenvalue weighted by Crippen LogP contribution is -2.43. The molecule has 1 aromatic heterocycles. The summed E-state index contributed by atoms with van der Waals surface area (Å²) in [6, 6.07) is 14.6. The van der Waals surface area contributed by atoms with Crippen molar-refractivity contribution in [1.29, 1.82) is 0 Å². The average molecular weight is 347 g/mol. The fourth-order valence-electron chi connectivity index (χ4n) is 4.28. The number of piperidine rings is 1. The third-order valence-electron chi connectivity index (χ3n) is 5.70. The number of methoxy groups -OCH3 is 1. The van der Waals surface area contributed by atoms with Crippen LogP contribution < -0.4 is 9.64 Å². The van der Waals surface area contributed by atoms with Crippen LogP contribution in [0.2, 0.25) is 0 Å². The number of fused-ring (bicyclic) bond motifs is 3. The second-order valence-electron chi connectivity index (χ2n) is 7.01. The lowest BCUT2D eigenvalue weighted by molar-refractivity contribution is -0.0551. The van der Waals surface area contributed by atoms with E-state index in [4.69, 9.17) is 9.47 Å². The van der Waals surface area contributed by atoms with E-state index in [1.807, 2.05) is 18.2 Å². The largest absolute Gasteiger partial charge is 0.497 e. The minimum Gasteiger partial charge on any atom is -0.497 e. The van der Waals surface area contributed by atoms with E-state index >= 15 is 0 Å². The summed E-state index contributed by atoms with van der Waals surface area (Å²) in [6.45, 7) is 2.55. The molecule has 1 saturated heterocycles. The van der Waals surface area contributed by atoms with Gasteiger partial charge in [-0.15, -0.1) is 0 Å². The van der Waals surface area contributed by atoms with E-state index in [1.165, 1.54) is 11.1 Å². The predicted molar refractivity (Wildman–Crippen MR) is 100 cm³/mol. The molecule has 132 valence electrons. The monoisotopic (exact) mass is 347 g/mol. The van der Waals surface area contributed by atoms with E-state index < -0.39 is 0 Å². The van der Waals surface area contributed by atoms with Crippen LogP contribution in [0.4, 0.5) is 5.82 Å². The minimum atomic E-state index is -0.131. The number of nitrogens with zero attached hydrogens (tertiary/aromatic N) is 3. The molecule has 5 heteroatoms. The molecule has 5 nitrogen and oxygen atoms in total. The van der Waals surface area contributed by atoms with E-state index in [0.29, 0.717) is 0 Å². The molecule has 0 aliphatic carbocycles. The van der Waals surface area contributed by atoms with Gasteiger partial charge in [-0.3, -0.25) is 0 Å². The third kappa shape index (κ3) is 2.35. The Kier molecular flexibility index (Phi) is 3.57. The van der Waals surface area contributed by atoms with Gasteiger partial charge in [0.15, 0.2) is 0 Å². The van der Waals surface area contributed by atoms with Crippen LogP contribution in [0.1, 0.15) is 24.0 Å². The SMILES string of the molecule is COc1ccc2ncnc(N3CCC4(CC3)OCc3ccccc34)c2c1. The highest BCUT2D eigenvalue weighted by molar-refractivity contribution is 5.90. The minimum absolute atomic E-state index is 0.131. The number of anilines is 1. The third-order valence-corrected chi connectivity index (χ3v) is 5.70. The molecule has 3 heterocycles. The Bertz CT molecular complexity index is 964. The Morgan fingerprint density at radius 1 is 1.08 bits per heavy atom. The molecule has 0 unspecified atom stereocenters. The summed E-state index contributed by atoms with van der Waals surface area (Å²) < 4.78 is 11.7. The normalized spacial score (nSPS) is 18.3.